The number of aliphatic carboxylic acids is 1. The second-order valence-corrected chi connectivity index (χ2v) is 5.52. The van der Waals surface area contributed by atoms with Crippen LogP contribution in [0, 0.1) is 11.8 Å². The maximum Gasteiger partial charge on any atom is 0.394 e. The smallest absolute Gasteiger partial charge is 0.394 e. The van der Waals surface area contributed by atoms with E-state index in [9.17, 15) is 22.8 Å². The van der Waals surface area contributed by atoms with Gasteiger partial charge < -0.3 is 14.7 Å². The molecule has 1 aromatic rings. The summed E-state index contributed by atoms with van der Waals surface area (Å²) in [6.45, 7) is -1.70. The van der Waals surface area contributed by atoms with Crippen molar-refractivity contribution >= 4 is 23.5 Å². The Morgan fingerprint density at radius 2 is 1.96 bits per heavy atom. The van der Waals surface area contributed by atoms with E-state index >= 15 is 0 Å². The van der Waals surface area contributed by atoms with Crippen molar-refractivity contribution in [2.45, 2.75) is 6.18 Å². The van der Waals surface area contributed by atoms with Crippen molar-refractivity contribution in [3.8, 4) is 5.75 Å². The summed E-state index contributed by atoms with van der Waals surface area (Å²) in [6, 6.07) is 6.33. The standard InChI is InChI=1S/C14H13ClF3NO4/c15-10-3-1-2-4-11(10)23-7-12(20)19-5-8(13(21)22)9(6-19)14(16,17)18/h1-4,8-9H,5-7H2,(H,21,22)/t8-,9-/m1/s1. The van der Waals surface area contributed by atoms with E-state index in [1.54, 1.807) is 12.1 Å². The maximum absolute atomic E-state index is 12.9. The summed E-state index contributed by atoms with van der Waals surface area (Å²) in [7, 11) is 0. The van der Waals surface area contributed by atoms with Crippen LogP contribution in [-0.2, 0) is 9.59 Å². The molecular weight excluding hydrogens is 339 g/mol. The van der Waals surface area contributed by atoms with Gasteiger partial charge in [-0.1, -0.05) is 23.7 Å². The second kappa shape index (κ2) is 6.66. The van der Waals surface area contributed by atoms with E-state index in [0.717, 1.165) is 4.90 Å². The minimum atomic E-state index is -4.68. The summed E-state index contributed by atoms with van der Waals surface area (Å²) in [4.78, 5) is 23.8. The first kappa shape index (κ1) is 17.4. The number of amides is 1. The van der Waals surface area contributed by atoms with Crippen molar-refractivity contribution < 1.29 is 32.6 Å². The lowest BCUT2D eigenvalue weighted by Crippen LogP contribution is -2.35. The number of carbonyl (C=O) groups excluding carboxylic acids is 1. The molecule has 0 bridgehead atoms. The van der Waals surface area contributed by atoms with Crippen molar-refractivity contribution in [3.05, 3.63) is 29.3 Å². The highest BCUT2D eigenvalue weighted by Gasteiger charge is 2.53. The minimum Gasteiger partial charge on any atom is -0.482 e. The van der Waals surface area contributed by atoms with Gasteiger partial charge in [0, 0.05) is 13.1 Å². The number of carboxylic acid groups (broad SMARTS) is 1. The largest absolute Gasteiger partial charge is 0.482 e. The fraction of sp³-hybridized carbons (Fsp3) is 0.429. The van der Waals surface area contributed by atoms with Gasteiger partial charge in [0.1, 0.15) is 5.75 Å². The van der Waals surface area contributed by atoms with Gasteiger partial charge in [0.25, 0.3) is 5.91 Å². The first-order valence-corrected chi connectivity index (χ1v) is 7.02. The third-order valence-electron chi connectivity index (χ3n) is 3.60. The molecular formula is C14H13ClF3NO4. The molecule has 0 spiro atoms. The van der Waals surface area contributed by atoms with Gasteiger partial charge in [0.05, 0.1) is 16.9 Å². The van der Waals surface area contributed by atoms with Gasteiger partial charge in [-0.2, -0.15) is 13.2 Å². The zero-order valence-electron chi connectivity index (χ0n) is 11.7. The average Bonchev–Trinajstić information content (AvgIpc) is 2.91. The molecule has 1 fully saturated rings. The third-order valence-corrected chi connectivity index (χ3v) is 3.91. The quantitative estimate of drug-likeness (QED) is 0.904. The van der Waals surface area contributed by atoms with Gasteiger partial charge in [-0.05, 0) is 12.1 Å². The van der Waals surface area contributed by atoms with Crippen LogP contribution in [0.25, 0.3) is 0 Å². The molecule has 1 heterocycles. The monoisotopic (exact) mass is 351 g/mol. The highest BCUT2D eigenvalue weighted by Crippen LogP contribution is 2.37. The predicted octanol–water partition coefficient (Wildman–Crippen LogP) is 2.44. The molecule has 1 aliphatic heterocycles. The van der Waals surface area contributed by atoms with E-state index in [2.05, 4.69) is 0 Å². The van der Waals surface area contributed by atoms with Crippen LogP contribution in [0.3, 0.4) is 0 Å². The number of nitrogens with zero attached hydrogens (tertiary/aromatic N) is 1. The Morgan fingerprint density at radius 3 is 2.48 bits per heavy atom. The van der Waals surface area contributed by atoms with E-state index in [-0.39, 0.29) is 10.8 Å². The number of halogens is 4. The Hall–Kier alpha value is -1.96. The number of alkyl halides is 3. The van der Waals surface area contributed by atoms with Crippen LogP contribution in [0.4, 0.5) is 13.2 Å². The molecule has 0 radical (unpaired) electrons. The number of rotatable bonds is 4. The number of para-hydroxylation sites is 1. The zero-order chi connectivity index (χ0) is 17.2. The van der Waals surface area contributed by atoms with Crippen molar-refractivity contribution in [3.63, 3.8) is 0 Å². The van der Waals surface area contributed by atoms with Crippen molar-refractivity contribution in [1.29, 1.82) is 0 Å². The summed E-state index contributed by atoms with van der Waals surface area (Å²) in [6.07, 6.45) is -4.68. The fourth-order valence-electron chi connectivity index (χ4n) is 2.38. The molecule has 2 rings (SSSR count). The number of carboxylic acids is 1. The van der Waals surface area contributed by atoms with Gasteiger partial charge in [-0.25, -0.2) is 0 Å². The second-order valence-electron chi connectivity index (χ2n) is 5.11. The summed E-state index contributed by atoms with van der Waals surface area (Å²) < 4.78 is 43.8. The van der Waals surface area contributed by atoms with Gasteiger partial charge in [0.2, 0.25) is 0 Å². The van der Waals surface area contributed by atoms with Gasteiger partial charge >= 0.3 is 12.1 Å². The molecule has 9 heteroatoms. The third kappa shape index (κ3) is 4.07. The molecule has 0 unspecified atom stereocenters. The lowest BCUT2D eigenvalue weighted by molar-refractivity contribution is -0.188. The molecule has 5 nitrogen and oxygen atoms in total. The lowest BCUT2D eigenvalue weighted by Gasteiger charge is -2.18. The van der Waals surface area contributed by atoms with Gasteiger partial charge in [-0.15, -0.1) is 0 Å². The molecule has 1 aliphatic rings. The van der Waals surface area contributed by atoms with E-state index in [1.807, 2.05) is 0 Å². The van der Waals surface area contributed by atoms with Crippen LogP contribution in [0.1, 0.15) is 0 Å². The normalized spacial score (nSPS) is 21.3. The SMILES string of the molecule is O=C(O)[C@@H]1CN(C(=O)COc2ccccc2Cl)C[C@H]1C(F)(F)F. The average molecular weight is 352 g/mol. The lowest BCUT2D eigenvalue weighted by atomic mass is 9.96. The molecule has 1 saturated heterocycles. The van der Waals surface area contributed by atoms with Crippen LogP contribution in [0.5, 0.6) is 5.75 Å². The number of hydrogen-bond acceptors (Lipinski definition) is 3. The van der Waals surface area contributed by atoms with E-state index < -0.39 is 49.6 Å². The number of hydrogen-bond donors (Lipinski definition) is 1. The van der Waals surface area contributed by atoms with Crippen LogP contribution < -0.4 is 4.74 Å². The molecule has 23 heavy (non-hydrogen) atoms. The molecule has 126 valence electrons. The number of carbonyl (C=O) groups is 2. The highest BCUT2D eigenvalue weighted by atomic mass is 35.5. The number of benzene rings is 1. The van der Waals surface area contributed by atoms with E-state index in [1.165, 1.54) is 12.1 Å². The van der Waals surface area contributed by atoms with Gasteiger partial charge in [0.15, 0.2) is 6.61 Å². The predicted molar refractivity (Wildman–Crippen MR) is 74.2 cm³/mol. The Labute approximate surface area is 134 Å². The van der Waals surface area contributed by atoms with Gasteiger partial charge in [-0.3, -0.25) is 9.59 Å². The summed E-state index contributed by atoms with van der Waals surface area (Å²) in [5.41, 5.74) is 0. The van der Waals surface area contributed by atoms with Crippen LogP contribution in [0.15, 0.2) is 24.3 Å². The summed E-state index contributed by atoms with van der Waals surface area (Å²) in [5, 5.41) is 9.17. The minimum absolute atomic E-state index is 0.226. The van der Waals surface area contributed by atoms with E-state index in [4.69, 9.17) is 21.4 Å². The Bertz CT molecular complexity index is 608. The summed E-state index contributed by atoms with van der Waals surface area (Å²) >= 11 is 5.84. The Balaban J connectivity index is 2.01. The number of likely N-dealkylation sites (tertiary alicyclic amines) is 1. The van der Waals surface area contributed by atoms with Crippen molar-refractivity contribution in [2.75, 3.05) is 19.7 Å². The van der Waals surface area contributed by atoms with Crippen LogP contribution in [0.2, 0.25) is 5.02 Å². The molecule has 1 amide bonds. The highest BCUT2D eigenvalue weighted by molar-refractivity contribution is 6.32. The molecule has 0 aliphatic carbocycles. The van der Waals surface area contributed by atoms with Crippen molar-refractivity contribution in [2.24, 2.45) is 11.8 Å². The molecule has 0 saturated carbocycles. The molecule has 2 atom stereocenters. The fourth-order valence-corrected chi connectivity index (χ4v) is 2.57. The topological polar surface area (TPSA) is 66.8 Å². The summed E-state index contributed by atoms with van der Waals surface area (Å²) in [5.74, 6) is -5.81. The molecule has 1 N–H and O–H groups in total. The first-order chi connectivity index (χ1) is 10.7. The first-order valence-electron chi connectivity index (χ1n) is 6.64. The van der Waals surface area contributed by atoms with Crippen LogP contribution >= 0.6 is 11.6 Å². The maximum atomic E-state index is 12.9. The zero-order valence-corrected chi connectivity index (χ0v) is 12.5. The number of ether oxygens (including phenoxy) is 1. The van der Waals surface area contributed by atoms with E-state index in [0.29, 0.717) is 0 Å². The molecule has 1 aromatic carbocycles. The van der Waals surface area contributed by atoms with Crippen LogP contribution in [-0.4, -0.2) is 47.8 Å². The van der Waals surface area contributed by atoms with Crippen molar-refractivity contribution in [1.82, 2.24) is 4.90 Å². The Kier molecular flexibility index (Phi) is 5.03. The Morgan fingerprint density at radius 1 is 1.30 bits per heavy atom. The molecule has 0 aromatic heterocycles.